The topological polar surface area (TPSA) is 60.9 Å². The van der Waals surface area contributed by atoms with Gasteiger partial charge in [0.2, 0.25) is 5.91 Å². The Balaban J connectivity index is 1.84. The van der Waals surface area contributed by atoms with E-state index >= 15 is 0 Å². The van der Waals surface area contributed by atoms with Crippen molar-refractivity contribution in [2.24, 2.45) is 0 Å². The zero-order chi connectivity index (χ0) is 17.3. The first-order chi connectivity index (χ1) is 11.5. The van der Waals surface area contributed by atoms with E-state index < -0.39 is 0 Å². The van der Waals surface area contributed by atoms with Gasteiger partial charge in [-0.2, -0.15) is 0 Å². The SMILES string of the molecule is Cc1ccc(N2C(=O)C[C@@H](N3CCCC[C@H]3CCO)C2=O)cc1C. The number of aliphatic hydroxyl groups excluding tert-OH is 1. The maximum absolute atomic E-state index is 13.0. The lowest BCUT2D eigenvalue weighted by Gasteiger charge is -2.38. The van der Waals surface area contributed by atoms with Gasteiger partial charge in [0.25, 0.3) is 5.91 Å². The fraction of sp³-hybridized carbons (Fsp3) is 0.579. The second-order valence-electron chi connectivity index (χ2n) is 6.96. The number of aliphatic hydroxyl groups is 1. The van der Waals surface area contributed by atoms with E-state index in [9.17, 15) is 14.7 Å². The number of likely N-dealkylation sites (tertiary alicyclic amines) is 1. The molecule has 2 aliphatic rings. The third kappa shape index (κ3) is 3.10. The first-order valence-electron chi connectivity index (χ1n) is 8.83. The van der Waals surface area contributed by atoms with Gasteiger partial charge in [-0.05, 0) is 62.9 Å². The van der Waals surface area contributed by atoms with Gasteiger partial charge in [-0.25, -0.2) is 4.90 Å². The van der Waals surface area contributed by atoms with Gasteiger partial charge >= 0.3 is 0 Å². The van der Waals surface area contributed by atoms with Crippen LogP contribution in [0.5, 0.6) is 0 Å². The molecule has 130 valence electrons. The van der Waals surface area contributed by atoms with Crippen LogP contribution in [0.3, 0.4) is 0 Å². The van der Waals surface area contributed by atoms with E-state index in [2.05, 4.69) is 4.90 Å². The lowest BCUT2D eigenvalue weighted by atomic mass is 9.97. The highest BCUT2D eigenvalue weighted by Gasteiger charge is 2.44. The lowest BCUT2D eigenvalue weighted by Crippen LogP contribution is -2.50. The number of benzene rings is 1. The minimum atomic E-state index is -0.379. The number of anilines is 1. The summed E-state index contributed by atoms with van der Waals surface area (Å²) in [6, 6.07) is 5.53. The Morgan fingerprint density at radius 1 is 1.17 bits per heavy atom. The van der Waals surface area contributed by atoms with Gasteiger partial charge in [-0.15, -0.1) is 0 Å². The molecule has 5 nitrogen and oxygen atoms in total. The Bertz CT molecular complexity index is 641. The van der Waals surface area contributed by atoms with Crippen LogP contribution in [0.2, 0.25) is 0 Å². The second-order valence-corrected chi connectivity index (χ2v) is 6.96. The summed E-state index contributed by atoms with van der Waals surface area (Å²) in [7, 11) is 0. The van der Waals surface area contributed by atoms with Crippen LogP contribution in [0.15, 0.2) is 18.2 Å². The van der Waals surface area contributed by atoms with Crippen LogP contribution in [0.4, 0.5) is 5.69 Å². The molecule has 1 aromatic carbocycles. The summed E-state index contributed by atoms with van der Waals surface area (Å²) in [5.74, 6) is -0.241. The van der Waals surface area contributed by atoms with Crippen molar-refractivity contribution in [2.75, 3.05) is 18.1 Å². The molecule has 0 radical (unpaired) electrons. The van der Waals surface area contributed by atoms with Crippen LogP contribution in [0, 0.1) is 13.8 Å². The third-order valence-corrected chi connectivity index (χ3v) is 5.41. The number of amides is 2. The van der Waals surface area contributed by atoms with Crippen LogP contribution in [-0.2, 0) is 9.59 Å². The molecule has 2 heterocycles. The van der Waals surface area contributed by atoms with Crippen molar-refractivity contribution in [1.82, 2.24) is 4.90 Å². The number of nitrogens with zero attached hydrogens (tertiary/aromatic N) is 2. The lowest BCUT2D eigenvalue weighted by molar-refractivity contribution is -0.123. The minimum Gasteiger partial charge on any atom is -0.396 e. The second kappa shape index (κ2) is 7.03. The van der Waals surface area contributed by atoms with Crippen LogP contribution < -0.4 is 4.90 Å². The Labute approximate surface area is 143 Å². The van der Waals surface area contributed by atoms with Crippen molar-refractivity contribution >= 4 is 17.5 Å². The molecule has 1 N–H and O–H groups in total. The molecule has 0 aromatic heterocycles. The summed E-state index contributed by atoms with van der Waals surface area (Å²) in [4.78, 5) is 29.0. The van der Waals surface area contributed by atoms with Crippen LogP contribution in [-0.4, -0.2) is 47.1 Å². The zero-order valence-electron chi connectivity index (χ0n) is 14.5. The third-order valence-electron chi connectivity index (χ3n) is 5.41. The van der Waals surface area contributed by atoms with E-state index in [0.29, 0.717) is 12.1 Å². The van der Waals surface area contributed by atoms with E-state index in [0.717, 1.165) is 36.9 Å². The summed E-state index contributed by atoms with van der Waals surface area (Å²) in [6.07, 6.45) is 4.07. The summed E-state index contributed by atoms with van der Waals surface area (Å²) in [5.41, 5.74) is 2.90. The summed E-state index contributed by atoms with van der Waals surface area (Å²) >= 11 is 0. The maximum atomic E-state index is 13.0. The van der Waals surface area contributed by atoms with E-state index in [1.165, 1.54) is 4.90 Å². The molecule has 0 aliphatic carbocycles. The Morgan fingerprint density at radius 3 is 2.67 bits per heavy atom. The minimum absolute atomic E-state index is 0.118. The van der Waals surface area contributed by atoms with Gasteiger partial charge in [-0.1, -0.05) is 12.5 Å². The Hall–Kier alpha value is -1.72. The highest BCUT2D eigenvalue weighted by molar-refractivity contribution is 6.22. The predicted octanol–water partition coefficient (Wildman–Crippen LogP) is 2.17. The Morgan fingerprint density at radius 2 is 1.96 bits per heavy atom. The average Bonchev–Trinajstić information content (AvgIpc) is 2.86. The molecule has 2 amide bonds. The number of piperidine rings is 1. The molecule has 2 aliphatic heterocycles. The van der Waals surface area contributed by atoms with Crippen LogP contribution in [0.1, 0.15) is 43.2 Å². The zero-order valence-corrected chi connectivity index (χ0v) is 14.5. The smallest absolute Gasteiger partial charge is 0.251 e. The standard InChI is InChI=1S/C19H26N2O3/c1-13-6-7-16(11-14(13)2)21-18(23)12-17(19(21)24)20-9-4-3-5-15(20)8-10-22/h6-7,11,15,17,22H,3-5,8-10,12H2,1-2H3/t15-,17+/m0/s1. The molecule has 2 saturated heterocycles. The molecule has 0 spiro atoms. The molecule has 24 heavy (non-hydrogen) atoms. The van der Waals surface area contributed by atoms with E-state index in [1.807, 2.05) is 32.0 Å². The van der Waals surface area contributed by atoms with Gasteiger partial charge in [0.05, 0.1) is 18.2 Å². The summed E-state index contributed by atoms with van der Waals surface area (Å²) < 4.78 is 0. The van der Waals surface area contributed by atoms with Crippen molar-refractivity contribution in [2.45, 2.75) is 58.0 Å². The quantitative estimate of drug-likeness (QED) is 0.860. The molecular weight excluding hydrogens is 304 g/mol. The van der Waals surface area contributed by atoms with E-state index in [-0.39, 0.29) is 36.9 Å². The van der Waals surface area contributed by atoms with Gasteiger partial charge in [0, 0.05) is 12.6 Å². The van der Waals surface area contributed by atoms with E-state index in [1.54, 1.807) is 0 Å². The molecule has 5 heteroatoms. The molecule has 1 aromatic rings. The number of rotatable bonds is 4. The highest BCUT2D eigenvalue weighted by Crippen LogP contribution is 2.31. The van der Waals surface area contributed by atoms with E-state index in [4.69, 9.17) is 0 Å². The van der Waals surface area contributed by atoms with Crippen LogP contribution >= 0.6 is 0 Å². The fourth-order valence-corrected chi connectivity index (χ4v) is 3.90. The summed E-state index contributed by atoms with van der Waals surface area (Å²) in [6.45, 7) is 4.96. The predicted molar refractivity (Wildman–Crippen MR) is 92.9 cm³/mol. The van der Waals surface area contributed by atoms with Gasteiger partial charge in [0.1, 0.15) is 0 Å². The summed E-state index contributed by atoms with van der Waals surface area (Å²) in [5, 5.41) is 9.29. The average molecular weight is 330 g/mol. The molecule has 2 fully saturated rings. The van der Waals surface area contributed by atoms with Gasteiger partial charge < -0.3 is 5.11 Å². The van der Waals surface area contributed by atoms with Crippen molar-refractivity contribution in [1.29, 1.82) is 0 Å². The number of carbonyl (C=O) groups excluding carboxylic acids is 2. The number of hydrogen-bond acceptors (Lipinski definition) is 4. The van der Waals surface area contributed by atoms with Gasteiger partial charge in [-0.3, -0.25) is 14.5 Å². The molecule has 3 rings (SSSR count). The monoisotopic (exact) mass is 330 g/mol. The van der Waals surface area contributed by atoms with Crippen LogP contribution in [0.25, 0.3) is 0 Å². The molecule has 0 saturated carbocycles. The number of aryl methyl sites for hydroxylation is 2. The molecule has 0 unspecified atom stereocenters. The molecule has 2 atom stereocenters. The Kier molecular flexibility index (Phi) is 5.01. The first-order valence-corrected chi connectivity index (χ1v) is 8.83. The normalized spacial score (nSPS) is 25.5. The van der Waals surface area contributed by atoms with Crippen molar-refractivity contribution < 1.29 is 14.7 Å². The number of carbonyl (C=O) groups is 2. The van der Waals surface area contributed by atoms with Crippen molar-refractivity contribution in [3.05, 3.63) is 29.3 Å². The highest BCUT2D eigenvalue weighted by atomic mass is 16.3. The fourth-order valence-electron chi connectivity index (χ4n) is 3.90. The molecular formula is C19H26N2O3. The largest absolute Gasteiger partial charge is 0.396 e. The maximum Gasteiger partial charge on any atom is 0.251 e. The number of hydrogen-bond donors (Lipinski definition) is 1. The van der Waals surface area contributed by atoms with Gasteiger partial charge in [0.15, 0.2) is 0 Å². The van der Waals surface area contributed by atoms with Crippen molar-refractivity contribution in [3.8, 4) is 0 Å². The molecule has 0 bridgehead atoms. The van der Waals surface area contributed by atoms with Crippen molar-refractivity contribution in [3.63, 3.8) is 0 Å². The number of imide groups is 1. The first kappa shape index (κ1) is 17.1.